The highest BCUT2D eigenvalue weighted by Gasteiger charge is 2.11. The summed E-state index contributed by atoms with van der Waals surface area (Å²) >= 11 is 0. The van der Waals surface area contributed by atoms with Crippen LogP contribution in [0.1, 0.15) is 28.8 Å². The number of hydrogen-bond donors (Lipinski definition) is 0. The number of carbonyl (C=O) groups excluding carboxylic acids is 2. The molecule has 228 valence electrons. The van der Waals surface area contributed by atoms with Gasteiger partial charge in [0.1, 0.15) is 28.7 Å². The highest BCUT2D eigenvalue weighted by molar-refractivity contribution is 5.91. The van der Waals surface area contributed by atoms with Crippen LogP contribution in [0.25, 0.3) is 0 Å². The average molecular weight is 593 g/mol. The summed E-state index contributed by atoms with van der Waals surface area (Å²) in [5.74, 6) is 1.96. The lowest BCUT2D eigenvalue weighted by atomic mass is 10.2. The second-order valence-corrected chi connectivity index (χ2v) is 8.85. The zero-order valence-corrected chi connectivity index (χ0v) is 24.2. The van der Waals surface area contributed by atoms with Gasteiger partial charge in [-0.05, 0) is 79.2 Å². The fraction of sp³-hybridized carbons (Fsp3) is 0.273. The first kappa shape index (κ1) is 32.6. The van der Waals surface area contributed by atoms with Gasteiger partial charge in [-0.25, -0.2) is 9.59 Å². The van der Waals surface area contributed by atoms with E-state index >= 15 is 0 Å². The second kappa shape index (κ2) is 18.5. The Morgan fingerprint density at radius 1 is 0.698 bits per heavy atom. The zero-order valence-electron chi connectivity index (χ0n) is 24.2. The van der Waals surface area contributed by atoms with E-state index in [1.54, 1.807) is 54.6 Å². The molecule has 0 radical (unpaired) electrons. The van der Waals surface area contributed by atoms with E-state index in [1.165, 1.54) is 6.26 Å². The van der Waals surface area contributed by atoms with Crippen molar-refractivity contribution in [2.45, 2.75) is 19.8 Å². The van der Waals surface area contributed by atoms with Crippen molar-refractivity contribution in [3.8, 4) is 28.7 Å². The summed E-state index contributed by atoms with van der Waals surface area (Å²) in [6.07, 6.45) is 3.71. The Labute approximate surface area is 251 Å². The summed E-state index contributed by atoms with van der Waals surface area (Å²) in [6, 6.07) is 18.9. The minimum atomic E-state index is -0.502. The van der Waals surface area contributed by atoms with Crippen molar-refractivity contribution >= 4 is 11.9 Å². The third-order valence-corrected chi connectivity index (χ3v) is 5.65. The van der Waals surface area contributed by atoms with E-state index in [1.807, 2.05) is 19.1 Å². The maximum atomic E-state index is 12.6. The third-order valence-electron chi connectivity index (χ3n) is 5.65. The van der Waals surface area contributed by atoms with E-state index < -0.39 is 11.9 Å². The molecule has 10 nitrogen and oxygen atoms in total. The number of benzene rings is 3. The monoisotopic (exact) mass is 592 g/mol. The van der Waals surface area contributed by atoms with Crippen LogP contribution in [0.3, 0.4) is 0 Å². The Kier molecular flexibility index (Phi) is 14.0. The molecule has 0 atom stereocenters. The van der Waals surface area contributed by atoms with Crippen molar-refractivity contribution in [3.05, 3.63) is 103 Å². The van der Waals surface area contributed by atoms with Gasteiger partial charge in [-0.15, -0.1) is 0 Å². The summed E-state index contributed by atoms with van der Waals surface area (Å²) in [6.45, 7) is 10.5. The summed E-state index contributed by atoms with van der Waals surface area (Å²) in [5.41, 5.74) is 1.15. The summed E-state index contributed by atoms with van der Waals surface area (Å²) in [5, 5.41) is 0. The molecule has 0 bridgehead atoms. The molecule has 0 aliphatic rings. The summed E-state index contributed by atoms with van der Waals surface area (Å²) in [7, 11) is 0. The first-order valence-electron chi connectivity index (χ1n) is 13.6. The Balaban J connectivity index is 1.36. The minimum Gasteiger partial charge on any atom is -0.494 e. The average Bonchev–Trinajstić information content (AvgIpc) is 3.02. The van der Waals surface area contributed by atoms with E-state index in [4.69, 9.17) is 37.9 Å². The van der Waals surface area contributed by atoms with Crippen LogP contribution in [-0.4, -0.2) is 52.0 Å². The second-order valence-electron chi connectivity index (χ2n) is 8.85. The molecular weight excluding hydrogens is 556 g/mol. The highest BCUT2D eigenvalue weighted by atomic mass is 16.7. The number of ether oxygens (including phenoxy) is 8. The van der Waals surface area contributed by atoms with Gasteiger partial charge in [0.2, 0.25) is 6.79 Å². The molecular formula is C33H36O10. The largest absolute Gasteiger partial charge is 0.494 e. The van der Waals surface area contributed by atoms with Gasteiger partial charge >= 0.3 is 11.9 Å². The molecule has 3 rings (SSSR count). The van der Waals surface area contributed by atoms with Crippen LogP contribution in [0.5, 0.6) is 28.7 Å². The molecule has 0 saturated carbocycles. The van der Waals surface area contributed by atoms with Gasteiger partial charge in [-0.2, -0.15) is 0 Å². The fourth-order valence-electron chi connectivity index (χ4n) is 3.48. The van der Waals surface area contributed by atoms with Crippen molar-refractivity contribution in [1.29, 1.82) is 0 Å². The van der Waals surface area contributed by atoms with Gasteiger partial charge in [0.15, 0.2) is 6.79 Å². The first-order valence-corrected chi connectivity index (χ1v) is 13.6. The number of rotatable bonds is 20. The lowest BCUT2D eigenvalue weighted by Gasteiger charge is -2.12. The molecule has 0 aromatic heterocycles. The molecule has 0 unspecified atom stereocenters. The van der Waals surface area contributed by atoms with E-state index in [-0.39, 0.29) is 20.2 Å². The van der Waals surface area contributed by atoms with Crippen molar-refractivity contribution < 1.29 is 47.5 Å². The Hall–Kier alpha value is -4.96. The molecule has 0 heterocycles. The highest BCUT2D eigenvalue weighted by Crippen LogP contribution is 2.25. The van der Waals surface area contributed by atoms with Crippen molar-refractivity contribution in [2.24, 2.45) is 0 Å². The van der Waals surface area contributed by atoms with Crippen molar-refractivity contribution in [3.63, 3.8) is 0 Å². The van der Waals surface area contributed by atoms with Gasteiger partial charge in [0.25, 0.3) is 0 Å². The van der Waals surface area contributed by atoms with Crippen molar-refractivity contribution in [1.82, 2.24) is 0 Å². The molecule has 0 aliphatic carbocycles. The lowest BCUT2D eigenvalue weighted by molar-refractivity contribution is -0.137. The lowest BCUT2D eigenvalue weighted by Crippen LogP contribution is -2.10. The first-order chi connectivity index (χ1) is 21.0. The number of carbonyl (C=O) groups is 2. The predicted molar refractivity (Wildman–Crippen MR) is 159 cm³/mol. The van der Waals surface area contributed by atoms with Gasteiger partial charge < -0.3 is 37.9 Å². The zero-order chi connectivity index (χ0) is 30.7. The van der Waals surface area contributed by atoms with E-state index in [0.29, 0.717) is 54.8 Å². The molecule has 0 aliphatic heterocycles. The van der Waals surface area contributed by atoms with Gasteiger partial charge in [0.05, 0.1) is 38.3 Å². The van der Waals surface area contributed by atoms with Crippen molar-refractivity contribution in [2.75, 3.05) is 40.0 Å². The van der Waals surface area contributed by atoms with Crippen LogP contribution in [0.15, 0.2) is 92.2 Å². The molecule has 43 heavy (non-hydrogen) atoms. The molecule has 0 amide bonds. The maximum Gasteiger partial charge on any atom is 0.343 e. The van der Waals surface area contributed by atoms with E-state index in [2.05, 4.69) is 13.2 Å². The Morgan fingerprint density at radius 2 is 1.30 bits per heavy atom. The van der Waals surface area contributed by atoms with Crippen LogP contribution in [0, 0.1) is 6.92 Å². The van der Waals surface area contributed by atoms with Crippen LogP contribution in [0.4, 0.5) is 0 Å². The van der Waals surface area contributed by atoms with E-state index in [9.17, 15) is 9.59 Å². The molecule has 0 fully saturated rings. The summed E-state index contributed by atoms with van der Waals surface area (Å²) in [4.78, 5) is 23.6. The number of esters is 2. The smallest absolute Gasteiger partial charge is 0.343 e. The number of aryl methyl sites for hydroxylation is 1. The van der Waals surface area contributed by atoms with Crippen LogP contribution < -0.4 is 23.7 Å². The van der Waals surface area contributed by atoms with E-state index in [0.717, 1.165) is 23.8 Å². The standard InChI is InChI=1S/C33H36O10/c1-4-32(34)40-21-7-20-39-27-10-8-26(9-11-27)33(35)43-30-16-17-31(25(3)22-30)42-24-41-29-14-12-28(13-15-29)38-19-6-18-37-23-36-5-2/h4-5,8-17,22H,1-2,6-7,18-21,23-24H2,3H3. The molecule has 0 saturated heterocycles. The Bertz CT molecular complexity index is 1300. The van der Waals surface area contributed by atoms with Gasteiger partial charge in [-0.1, -0.05) is 13.2 Å². The van der Waals surface area contributed by atoms with Gasteiger partial charge in [0, 0.05) is 18.9 Å². The minimum absolute atomic E-state index is 0.00130. The quantitative estimate of drug-likeness (QED) is 0.0385. The normalized spacial score (nSPS) is 10.3. The number of hydrogen-bond acceptors (Lipinski definition) is 10. The molecule has 3 aromatic rings. The van der Waals surface area contributed by atoms with Crippen LogP contribution in [-0.2, 0) is 19.0 Å². The van der Waals surface area contributed by atoms with Gasteiger partial charge in [-0.3, -0.25) is 0 Å². The molecule has 10 heteroatoms. The maximum absolute atomic E-state index is 12.6. The summed E-state index contributed by atoms with van der Waals surface area (Å²) < 4.78 is 43.2. The third kappa shape index (κ3) is 12.2. The van der Waals surface area contributed by atoms with Crippen LogP contribution in [0.2, 0.25) is 0 Å². The predicted octanol–water partition coefficient (Wildman–Crippen LogP) is 6.03. The molecule has 3 aromatic carbocycles. The molecule has 0 spiro atoms. The van der Waals surface area contributed by atoms with Crippen LogP contribution >= 0.6 is 0 Å². The SMILES string of the molecule is C=COCOCCCOc1ccc(OCOc2ccc(OC(=O)c3ccc(OCCCOC(=O)C=C)cc3)cc2C)cc1. The fourth-order valence-corrected chi connectivity index (χ4v) is 3.48. The molecule has 0 N–H and O–H groups in total. The Morgan fingerprint density at radius 3 is 1.93 bits per heavy atom. The topological polar surface area (TPSA) is 108 Å².